The van der Waals surface area contributed by atoms with Crippen LogP contribution >= 0.6 is 0 Å². The van der Waals surface area contributed by atoms with Gasteiger partial charge >= 0.3 is 0 Å². The number of nitrogens with one attached hydrogen (secondary N) is 1. The molecule has 122 valence electrons. The van der Waals surface area contributed by atoms with E-state index in [0.29, 0.717) is 6.61 Å². The maximum Gasteiger partial charge on any atom is 0.127 e. The average Bonchev–Trinajstić information content (AvgIpc) is 2.58. The number of amidine groups is 1. The van der Waals surface area contributed by atoms with Crippen molar-refractivity contribution < 1.29 is 4.74 Å². The first-order valence-corrected chi connectivity index (χ1v) is 8.39. The highest BCUT2D eigenvalue weighted by Gasteiger charge is 2.13. The smallest absolute Gasteiger partial charge is 0.127 e. The zero-order valence-corrected chi connectivity index (χ0v) is 13.8. The quantitative estimate of drug-likeness (QED) is 0.389. The minimum Gasteiger partial charge on any atom is -0.493 e. The van der Waals surface area contributed by atoms with Gasteiger partial charge in [-0.05, 0) is 18.1 Å². The van der Waals surface area contributed by atoms with Gasteiger partial charge in [0, 0.05) is 11.1 Å². The Bertz CT molecular complexity index is 623. The molecule has 0 unspecified atom stereocenters. The van der Waals surface area contributed by atoms with Crippen molar-refractivity contribution in [2.75, 3.05) is 6.61 Å². The molecule has 23 heavy (non-hydrogen) atoms. The van der Waals surface area contributed by atoms with Crippen molar-refractivity contribution in [1.82, 2.24) is 0 Å². The van der Waals surface area contributed by atoms with Crippen molar-refractivity contribution in [2.24, 2.45) is 5.73 Å². The van der Waals surface area contributed by atoms with Crippen LogP contribution in [0.2, 0.25) is 0 Å². The highest BCUT2D eigenvalue weighted by molar-refractivity contribution is 6.02. The van der Waals surface area contributed by atoms with Gasteiger partial charge in [0.1, 0.15) is 11.6 Å². The van der Waals surface area contributed by atoms with E-state index < -0.39 is 0 Å². The summed E-state index contributed by atoms with van der Waals surface area (Å²) in [5.41, 5.74) is 8.42. The van der Waals surface area contributed by atoms with Gasteiger partial charge in [-0.15, -0.1) is 0 Å². The molecule has 0 aromatic heterocycles. The Morgan fingerprint density at radius 2 is 1.70 bits per heavy atom. The first kappa shape index (κ1) is 17.1. The molecule has 2 aromatic carbocycles. The van der Waals surface area contributed by atoms with Gasteiger partial charge in [-0.25, -0.2) is 0 Å². The number of ether oxygens (including phenoxy) is 1. The number of rotatable bonds is 9. The van der Waals surface area contributed by atoms with Crippen molar-refractivity contribution in [3.63, 3.8) is 0 Å². The van der Waals surface area contributed by atoms with Crippen LogP contribution in [-0.4, -0.2) is 12.4 Å². The zero-order chi connectivity index (χ0) is 16.5. The van der Waals surface area contributed by atoms with Crippen molar-refractivity contribution in [2.45, 2.75) is 39.0 Å². The van der Waals surface area contributed by atoms with E-state index in [1.807, 2.05) is 48.5 Å². The lowest BCUT2D eigenvalue weighted by molar-refractivity contribution is 0.305. The van der Waals surface area contributed by atoms with Crippen molar-refractivity contribution in [3.8, 4) is 16.9 Å². The molecule has 3 nitrogen and oxygen atoms in total. The lowest BCUT2D eigenvalue weighted by Crippen LogP contribution is -2.13. The van der Waals surface area contributed by atoms with Gasteiger partial charge in [0.2, 0.25) is 0 Å². The third kappa shape index (κ3) is 4.85. The highest BCUT2D eigenvalue weighted by atomic mass is 16.5. The first-order valence-electron chi connectivity index (χ1n) is 8.39. The molecule has 3 N–H and O–H groups in total. The van der Waals surface area contributed by atoms with Crippen LogP contribution < -0.4 is 10.5 Å². The second kappa shape index (κ2) is 8.99. The molecular formula is C20H26N2O. The maximum absolute atomic E-state index is 7.83. The normalized spacial score (nSPS) is 10.5. The molecule has 0 saturated carbocycles. The van der Waals surface area contributed by atoms with Crippen LogP contribution in [0.4, 0.5) is 0 Å². The molecule has 0 saturated heterocycles. The SMILES string of the molecule is CCCCCCCOc1cccc(C(=N)N)c1-c1ccccc1. The topological polar surface area (TPSA) is 59.1 Å². The van der Waals surface area contributed by atoms with Gasteiger partial charge in [-0.3, -0.25) is 5.41 Å². The fourth-order valence-electron chi connectivity index (χ4n) is 2.67. The summed E-state index contributed by atoms with van der Waals surface area (Å²) in [5.74, 6) is 0.872. The summed E-state index contributed by atoms with van der Waals surface area (Å²) in [6.07, 6.45) is 6.05. The summed E-state index contributed by atoms with van der Waals surface area (Å²) in [4.78, 5) is 0. The van der Waals surface area contributed by atoms with Crippen LogP contribution in [0.5, 0.6) is 5.75 Å². The molecule has 0 heterocycles. The highest BCUT2D eigenvalue weighted by Crippen LogP contribution is 2.33. The van der Waals surface area contributed by atoms with Gasteiger partial charge < -0.3 is 10.5 Å². The maximum atomic E-state index is 7.83. The van der Waals surface area contributed by atoms with E-state index in [2.05, 4.69) is 6.92 Å². The second-order valence-electron chi connectivity index (χ2n) is 5.72. The standard InChI is InChI=1S/C20H26N2O/c1-2-3-4-5-9-15-23-18-14-10-13-17(20(21)22)19(18)16-11-7-6-8-12-16/h6-8,10-14H,2-5,9,15H2,1H3,(H3,21,22). The van der Waals surface area contributed by atoms with Gasteiger partial charge in [0.05, 0.1) is 6.61 Å². The number of hydrogen-bond donors (Lipinski definition) is 2. The Hall–Kier alpha value is -2.29. The van der Waals surface area contributed by atoms with Crippen LogP contribution in [0, 0.1) is 5.41 Å². The summed E-state index contributed by atoms with van der Waals surface area (Å²) in [6.45, 7) is 2.92. The lowest BCUT2D eigenvalue weighted by Gasteiger charge is -2.15. The Morgan fingerprint density at radius 1 is 0.957 bits per heavy atom. The van der Waals surface area contributed by atoms with E-state index in [0.717, 1.165) is 28.9 Å². The molecule has 0 spiro atoms. The molecule has 0 radical (unpaired) electrons. The number of hydrogen-bond acceptors (Lipinski definition) is 2. The third-order valence-corrected chi connectivity index (χ3v) is 3.88. The Kier molecular flexibility index (Phi) is 6.67. The summed E-state index contributed by atoms with van der Waals surface area (Å²) in [7, 11) is 0. The number of unbranched alkanes of at least 4 members (excludes halogenated alkanes) is 4. The predicted octanol–water partition coefficient (Wildman–Crippen LogP) is 4.99. The first-order chi connectivity index (χ1) is 11.2. The molecular weight excluding hydrogens is 284 g/mol. The van der Waals surface area contributed by atoms with E-state index in [-0.39, 0.29) is 5.84 Å². The Labute approximate surface area is 139 Å². The Morgan fingerprint density at radius 3 is 2.39 bits per heavy atom. The van der Waals surface area contributed by atoms with Crippen molar-refractivity contribution in [3.05, 3.63) is 54.1 Å². The summed E-state index contributed by atoms with van der Waals surface area (Å²) < 4.78 is 6.01. The Balaban J connectivity index is 2.16. The molecule has 3 heteroatoms. The van der Waals surface area contributed by atoms with Gasteiger partial charge in [-0.1, -0.05) is 75.1 Å². The monoisotopic (exact) mass is 310 g/mol. The van der Waals surface area contributed by atoms with E-state index in [9.17, 15) is 0 Å². The van der Waals surface area contributed by atoms with Gasteiger partial charge in [0.25, 0.3) is 0 Å². The molecule has 0 bridgehead atoms. The summed E-state index contributed by atoms with van der Waals surface area (Å²) in [6, 6.07) is 15.7. The largest absolute Gasteiger partial charge is 0.493 e. The van der Waals surface area contributed by atoms with Gasteiger partial charge in [0.15, 0.2) is 0 Å². The van der Waals surface area contributed by atoms with E-state index >= 15 is 0 Å². The van der Waals surface area contributed by atoms with Crippen molar-refractivity contribution >= 4 is 5.84 Å². The van der Waals surface area contributed by atoms with E-state index in [1.165, 1.54) is 25.7 Å². The predicted molar refractivity (Wildman–Crippen MR) is 97.1 cm³/mol. The van der Waals surface area contributed by atoms with Crippen molar-refractivity contribution in [1.29, 1.82) is 5.41 Å². The number of nitrogen functional groups attached to an aromatic ring is 1. The summed E-state index contributed by atoms with van der Waals surface area (Å²) >= 11 is 0. The van der Waals surface area contributed by atoms with Crippen LogP contribution in [0.3, 0.4) is 0 Å². The minimum atomic E-state index is 0.0669. The average molecular weight is 310 g/mol. The minimum absolute atomic E-state index is 0.0669. The fraction of sp³-hybridized carbons (Fsp3) is 0.350. The molecule has 0 amide bonds. The summed E-state index contributed by atoms with van der Waals surface area (Å²) in [5, 5.41) is 7.83. The molecule has 0 aliphatic rings. The van der Waals surface area contributed by atoms with Gasteiger partial charge in [-0.2, -0.15) is 0 Å². The van der Waals surface area contributed by atoms with E-state index in [1.54, 1.807) is 0 Å². The van der Waals surface area contributed by atoms with Crippen LogP contribution in [0.1, 0.15) is 44.6 Å². The third-order valence-electron chi connectivity index (χ3n) is 3.88. The molecule has 2 aromatic rings. The lowest BCUT2D eigenvalue weighted by atomic mass is 9.98. The zero-order valence-electron chi connectivity index (χ0n) is 13.8. The molecule has 0 atom stereocenters. The number of nitrogens with two attached hydrogens (primary N) is 1. The molecule has 2 rings (SSSR count). The molecule has 0 aliphatic heterocycles. The van der Waals surface area contributed by atoms with E-state index in [4.69, 9.17) is 15.9 Å². The molecule has 0 aliphatic carbocycles. The number of benzene rings is 2. The van der Waals surface area contributed by atoms with Crippen LogP contribution in [0.25, 0.3) is 11.1 Å². The molecule has 0 fully saturated rings. The fourth-order valence-corrected chi connectivity index (χ4v) is 2.67. The van der Waals surface area contributed by atoms with Crippen LogP contribution in [-0.2, 0) is 0 Å². The van der Waals surface area contributed by atoms with Crippen LogP contribution in [0.15, 0.2) is 48.5 Å². The second-order valence-corrected chi connectivity index (χ2v) is 5.72.